The van der Waals surface area contributed by atoms with Gasteiger partial charge >= 0.3 is 0 Å². The quantitative estimate of drug-likeness (QED) is 0.843. The summed E-state index contributed by atoms with van der Waals surface area (Å²) in [4.78, 5) is 13.5. The van der Waals surface area contributed by atoms with Gasteiger partial charge in [0.1, 0.15) is 6.10 Å². The Kier molecular flexibility index (Phi) is 6.09. The van der Waals surface area contributed by atoms with Crippen LogP contribution in [0.5, 0.6) is 0 Å². The molecule has 1 atom stereocenters. The highest BCUT2D eigenvalue weighted by molar-refractivity contribution is 5.73. The maximum absolute atomic E-state index is 11.7. The third kappa shape index (κ3) is 4.91. The zero-order valence-corrected chi connectivity index (χ0v) is 15.1. The molecule has 1 N–H and O–H groups in total. The second-order valence-corrected chi connectivity index (χ2v) is 8.14. The molecule has 1 saturated heterocycles. The summed E-state index contributed by atoms with van der Waals surface area (Å²) in [6, 6.07) is 0. The van der Waals surface area contributed by atoms with E-state index in [1.807, 2.05) is 0 Å². The number of rotatable bonds is 5. The minimum absolute atomic E-state index is 0.0273. The van der Waals surface area contributed by atoms with Gasteiger partial charge in [0.15, 0.2) is 5.79 Å². The Morgan fingerprint density at radius 2 is 1.96 bits per heavy atom. The molecule has 2 fully saturated rings. The maximum Gasteiger partial charge on any atom is 0.219 e. The predicted molar refractivity (Wildman–Crippen MR) is 88.9 cm³/mol. The first-order valence-electron chi connectivity index (χ1n) is 8.94. The lowest BCUT2D eigenvalue weighted by Crippen LogP contribution is -2.41. The van der Waals surface area contributed by atoms with E-state index in [9.17, 15) is 4.79 Å². The Bertz CT molecular complexity index is 396. The normalized spacial score (nSPS) is 31.5. The van der Waals surface area contributed by atoms with Crippen molar-refractivity contribution >= 4 is 5.91 Å². The van der Waals surface area contributed by atoms with Crippen molar-refractivity contribution in [2.75, 3.05) is 26.3 Å². The number of aliphatic hydroxyl groups excluding tert-OH is 1. The summed E-state index contributed by atoms with van der Waals surface area (Å²) in [5, 5.41) is 8.95. The van der Waals surface area contributed by atoms with Gasteiger partial charge in [-0.1, -0.05) is 20.8 Å². The molecule has 1 heterocycles. The van der Waals surface area contributed by atoms with Gasteiger partial charge in [-0.25, -0.2) is 0 Å². The van der Waals surface area contributed by atoms with Crippen molar-refractivity contribution in [1.82, 2.24) is 4.90 Å². The van der Waals surface area contributed by atoms with E-state index in [1.165, 1.54) is 0 Å². The van der Waals surface area contributed by atoms with E-state index in [2.05, 4.69) is 20.8 Å². The van der Waals surface area contributed by atoms with Crippen molar-refractivity contribution in [2.24, 2.45) is 11.3 Å². The van der Waals surface area contributed by atoms with Crippen molar-refractivity contribution < 1.29 is 19.4 Å². The zero-order chi connectivity index (χ0) is 17.1. The Morgan fingerprint density at radius 1 is 1.30 bits per heavy atom. The van der Waals surface area contributed by atoms with Crippen molar-refractivity contribution in [3.8, 4) is 0 Å². The number of amides is 1. The first-order valence-corrected chi connectivity index (χ1v) is 8.94. The molecular formula is C18H33NO4. The number of carbonyl (C=O) groups excluding carboxylic acids is 1. The van der Waals surface area contributed by atoms with E-state index in [1.54, 1.807) is 11.8 Å². The Morgan fingerprint density at radius 3 is 2.48 bits per heavy atom. The van der Waals surface area contributed by atoms with Gasteiger partial charge in [-0.05, 0) is 30.6 Å². The zero-order valence-electron chi connectivity index (χ0n) is 15.1. The summed E-state index contributed by atoms with van der Waals surface area (Å²) in [7, 11) is 0. The van der Waals surface area contributed by atoms with Crippen LogP contribution in [-0.4, -0.2) is 54.1 Å². The van der Waals surface area contributed by atoms with Crippen LogP contribution in [0.4, 0.5) is 0 Å². The summed E-state index contributed by atoms with van der Waals surface area (Å²) < 4.78 is 12.3. The summed E-state index contributed by atoms with van der Waals surface area (Å²) >= 11 is 0. The van der Waals surface area contributed by atoms with Gasteiger partial charge in [-0.15, -0.1) is 0 Å². The molecule has 23 heavy (non-hydrogen) atoms. The summed E-state index contributed by atoms with van der Waals surface area (Å²) in [6.07, 6.45) is 4.72. The molecule has 1 saturated carbocycles. The molecule has 5 nitrogen and oxygen atoms in total. The lowest BCUT2D eigenvalue weighted by atomic mass is 9.71. The Labute approximate surface area is 140 Å². The first-order chi connectivity index (χ1) is 10.8. The summed E-state index contributed by atoms with van der Waals surface area (Å²) in [5.74, 6) is 0.323. The number of nitrogens with zero attached hydrogens (tertiary/aromatic N) is 1. The fraction of sp³-hybridized carbons (Fsp3) is 0.944. The van der Waals surface area contributed by atoms with Crippen molar-refractivity contribution in [3.05, 3.63) is 0 Å². The van der Waals surface area contributed by atoms with Crippen molar-refractivity contribution in [2.45, 2.75) is 71.7 Å². The molecule has 2 rings (SSSR count). The molecule has 1 unspecified atom stereocenters. The van der Waals surface area contributed by atoms with Crippen LogP contribution in [0.1, 0.15) is 59.8 Å². The van der Waals surface area contributed by atoms with E-state index < -0.39 is 5.79 Å². The van der Waals surface area contributed by atoms with Gasteiger partial charge in [0.2, 0.25) is 5.91 Å². The summed E-state index contributed by atoms with van der Waals surface area (Å²) in [6.45, 7) is 10.3. The molecule has 2 aliphatic rings. The van der Waals surface area contributed by atoms with Gasteiger partial charge < -0.3 is 19.5 Å². The fourth-order valence-corrected chi connectivity index (χ4v) is 3.78. The van der Waals surface area contributed by atoms with Crippen molar-refractivity contribution in [1.29, 1.82) is 0 Å². The van der Waals surface area contributed by atoms with Crippen LogP contribution in [0, 0.1) is 11.3 Å². The molecule has 0 radical (unpaired) electrons. The van der Waals surface area contributed by atoms with Gasteiger partial charge in [0.25, 0.3) is 0 Å². The fourth-order valence-electron chi connectivity index (χ4n) is 3.78. The molecule has 0 aromatic heterocycles. The Hall–Kier alpha value is -0.650. The third-order valence-corrected chi connectivity index (χ3v) is 5.34. The van der Waals surface area contributed by atoms with Crippen LogP contribution < -0.4 is 0 Å². The van der Waals surface area contributed by atoms with Crippen LogP contribution in [0.25, 0.3) is 0 Å². The second kappa shape index (κ2) is 7.49. The van der Waals surface area contributed by atoms with E-state index >= 15 is 0 Å². The van der Waals surface area contributed by atoms with Gasteiger partial charge in [0.05, 0.1) is 6.61 Å². The molecule has 134 valence electrons. The maximum atomic E-state index is 11.7. The molecule has 5 heteroatoms. The molecule has 0 aromatic carbocycles. The van der Waals surface area contributed by atoms with Crippen LogP contribution in [0.2, 0.25) is 0 Å². The monoisotopic (exact) mass is 327 g/mol. The number of aliphatic hydroxyl groups is 1. The van der Waals surface area contributed by atoms with E-state index in [4.69, 9.17) is 14.6 Å². The van der Waals surface area contributed by atoms with Crippen molar-refractivity contribution in [3.63, 3.8) is 0 Å². The van der Waals surface area contributed by atoms with Crippen LogP contribution in [0.15, 0.2) is 0 Å². The number of ether oxygens (including phenoxy) is 2. The lowest BCUT2D eigenvalue weighted by molar-refractivity contribution is -0.198. The Balaban J connectivity index is 1.85. The average molecular weight is 327 g/mol. The SMILES string of the molecule is CC(=O)N(CCCO)CC1COC2(CCC(C(C)(C)C)CC2)O1. The van der Waals surface area contributed by atoms with E-state index in [0.29, 0.717) is 31.5 Å². The first kappa shape index (κ1) is 18.7. The minimum atomic E-state index is -0.425. The number of hydrogen-bond acceptors (Lipinski definition) is 4. The third-order valence-electron chi connectivity index (χ3n) is 5.34. The highest BCUT2D eigenvalue weighted by atomic mass is 16.7. The van der Waals surface area contributed by atoms with E-state index in [-0.39, 0.29) is 18.6 Å². The molecule has 1 aliphatic heterocycles. The van der Waals surface area contributed by atoms with Gasteiger partial charge in [-0.2, -0.15) is 0 Å². The minimum Gasteiger partial charge on any atom is -0.396 e. The van der Waals surface area contributed by atoms with Gasteiger partial charge in [0, 0.05) is 39.5 Å². The average Bonchev–Trinajstić information content (AvgIpc) is 2.85. The predicted octanol–water partition coefficient (Wildman–Crippen LogP) is 2.57. The van der Waals surface area contributed by atoms with Crippen LogP contribution in [0.3, 0.4) is 0 Å². The smallest absolute Gasteiger partial charge is 0.219 e. The van der Waals surface area contributed by atoms with Crippen LogP contribution >= 0.6 is 0 Å². The molecule has 1 aliphatic carbocycles. The number of hydrogen-bond donors (Lipinski definition) is 1. The highest BCUT2D eigenvalue weighted by Crippen LogP contribution is 2.45. The largest absolute Gasteiger partial charge is 0.396 e. The molecule has 1 spiro atoms. The second-order valence-electron chi connectivity index (χ2n) is 8.14. The van der Waals surface area contributed by atoms with E-state index in [0.717, 1.165) is 31.6 Å². The standard InChI is InChI=1S/C18H33NO4/c1-14(21)19(10-5-11-20)12-16-13-22-18(23-16)8-6-15(7-9-18)17(2,3)4/h15-16,20H,5-13H2,1-4H3. The van der Waals surface area contributed by atoms with Crippen LogP contribution in [-0.2, 0) is 14.3 Å². The summed E-state index contributed by atoms with van der Waals surface area (Å²) in [5.41, 5.74) is 0.343. The topological polar surface area (TPSA) is 59.0 Å². The highest BCUT2D eigenvalue weighted by Gasteiger charge is 2.46. The number of carbonyl (C=O) groups is 1. The molecular weight excluding hydrogens is 294 g/mol. The lowest BCUT2D eigenvalue weighted by Gasteiger charge is -2.41. The molecule has 0 bridgehead atoms. The molecule has 0 aromatic rings. The molecule has 1 amide bonds. The van der Waals surface area contributed by atoms with Gasteiger partial charge in [-0.3, -0.25) is 4.79 Å².